The Labute approximate surface area is 182 Å². The molecule has 0 spiro atoms. The Kier molecular flexibility index (Phi) is 7.64. The van der Waals surface area contributed by atoms with Crippen LogP contribution in [0.5, 0.6) is 11.5 Å². The van der Waals surface area contributed by atoms with Crippen molar-refractivity contribution in [2.75, 3.05) is 40.4 Å². The molecule has 2 N–H and O–H groups in total. The summed E-state index contributed by atoms with van der Waals surface area (Å²) in [5, 5.41) is 0. The molecule has 6 nitrogen and oxygen atoms in total. The summed E-state index contributed by atoms with van der Waals surface area (Å²) in [5.41, 5.74) is 2.55. The molecule has 0 radical (unpaired) electrons. The highest BCUT2D eigenvalue weighted by molar-refractivity contribution is 5.80. The fraction of sp³-hybridized carbons (Fsp3) is 0.708. The molecule has 1 amide bonds. The van der Waals surface area contributed by atoms with Crippen molar-refractivity contribution >= 4 is 5.91 Å². The van der Waals surface area contributed by atoms with Gasteiger partial charge in [0, 0.05) is 17.6 Å². The number of nitrogens with one attached hydrogen (secondary N) is 2. The van der Waals surface area contributed by atoms with Crippen molar-refractivity contribution in [1.82, 2.24) is 4.90 Å². The Morgan fingerprint density at radius 3 is 2.20 bits per heavy atom. The Morgan fingerprint density at radius 1 is 1.07 bits per heavy atom. The van der Waals surface area contributed by atoms with Crippen LogP contribution >= 0.6 is 0 Å². The molecule has 3 atom stereocenters. The van der Waals surface area contributed by atoms with Crippen molar-refractivity contribution < 1.29 is 24.1 Å². The van der Waals surface area contributed by atoms with Gasteiger partial charge in [-0.1, -0.05) is 0 Å². The van der Waals surface area contributed by atoms with E-state index in [0.717, 1.165) is 57.1 Å². The van der Waals surface area contributed by atoms with E-state index in [0.29, 0.717) is 18.0 Å². The molecule has 3 rings (SSSR count). The highest BCUT2D eigenvalue weighted by atomic mass is 16.5. The van der Waals surface area contributed by atoms with E-state index in [1.54, 1.807) is 19.1 Å². The molecule has 0 aliphatic carbocycles. The maximum Gasteiger partial charge on any atom is 0.281 e. The largest absolute Gasteiger partial charge is 0.493 e. The minimum atomic E-state index is 0.0531. The molecule has 6 heteroatoms. The molecule has 0 aromatic heterocycles. The first kappa shape index (κ1) is 22.9. The van der Waals surface area contributed by atoms with E-state index in [1.807, 2.05) is 0 Å². The Bertz CT molecular complexity index is 721. The fourth-order valence-corrected chi connectivity index (χ4v) is 5.27. The predicted octanol–water partition coefficient (Wildman–Crippen LogP) is 0.474. The number of benzene rings is 1. The van der Waals surface area contributed by atoms with Gasteiger partial charge in [-0.2, -0.15) is 0 Å². The number of amides is 1. The highest BCUT2D eigenvalue weighted by Crippen LogP contribution is 2.30. The van der Waals surface area contributed by atoms with E-state index in [4.69, 9.17) is 9.47 Å². The van der Waals surface area contributed by atoms with Gasteiger partial charge in [-0.3, -0.25) is 4.79 Å². The fourth-order valence-electron chi connectivity index (χ4n) is 5.27. The van der Waals surface area contributed by atoms with Crippen molar-refractivity contribution in [3.63, 3.8) is 0 Å². The molecule has 0 bridgehead atoms. The number of hydrogen-bond donors (Lipinski definition) is 2. The quantitative estimate of drug-likeness (QED) is 0.705. The summed E-state index contributed by atoms with van der Waals surface area (Å²) in [6.45, 7) is 14.0. The molecular formula is C24H41N3O3+2. The van der Waals surface area contributed by atoms with Crippen LogP contribution in [0.2, 0.25) is 0 Å². The third-order valence-corrected chi connectivity index (χ3v) is 7.31. The van der Waals surface area contributed by atoms with Crippen molar-refractivity contribution in [2.45, 2.75) is 71.6 Å². The first-order valence-electron chi connectivity index (χ1n) is 11.6. The zero-order valence-corrected chi connectivity index (χ0v) is 19.7. The SMILES string of the molecule is COc1cc(C)c(C[NH+]2CC[NH+]([C@@H](C)C(=O)N3[C@@H](C)CCC[C@@H]3C)CC2)cc1OC. The number of rotatable bonds is 6. The standard InChI is InChI=1S/C24H39N3O3/c1-17-14-22(29-5)23(30-6)15-21(17)16-25-10-12-26(13-11-25)20(4)24(28)27-18(2)8-7-9-19(27)3/h14-15,18-20H,7-13,16H2,1-6H3/p+2/t18-,19-,20-/m0/s1. The average molecular weight is 420 g/mol. The molecule has 30 heavy (non-hydrogen) atoms. The summed E-state index contributed by atoms with van der Waals surface area (Å²) < 4.78 is 10.9. The summed E-state index contributed by atoms with van der Waals surface area (Å²) in [5.74, 6) is 1.94. The number of piperazine rings is 1. The number of methoxy groups -OCH3 is 2. The van der Waals surface area contributed by atoms with Gasteiger partial charge in [0.2, 0.25) is 0 Å². The minimum absolute atomic E-state index is 0.0531. The van der Waals surface area contributed by atoms with Crippen LogP contribution in [0, 0.1) is 6.92 Å². The third-order valence-electron chi connectivity index (χ3n) is 7.31. The highest BCUT2D eigenvalue weighted by Gasteiger charge is 2.38. The molecule has 2 fully saturated rings. The average Bonchev–Trinajstić information content (AvgIpc) is 2.74. The number of likely N-dealkylation sites (tertiary alicyclic amines) is 1. The molecule has 2 aliphatic heterocycles. The van der Waals surface area contributed by atoms with Gasteiger partial charge in [-0.05, 0) is 64.7 Å². The first-order chi connectivity index (χ1) is 14.3. The van der Waals surface area contributed by atoms with E-state index in [1.165, 1.54) is 22.4 Å². The summed E-state index contributed by atoms with van der Waals surface area (Å²) >= 11 is 0. The van der Waals surface area contributed by atoms with Crippen LogP contribution in [-0.4, -0.2) is 69.3 Å². The Balaban J connectivity index is 1.58. The number of nitrogens with zero attached hydrogens (tertiary/aromatic N) is 1. The topological polar surface area (TPSA) is 47.7 Å². The smallest absolute Gasteiger partial charge is 0.281 e. The van der Waals surface area contributed by atoms with Crippen LogP contribution in [0.25, 0.3) is 0 Å². The zero-order chi connectivity index (χ0) is 21.8. The monoisotopic (exact) mass is 419 g/mol. The summed E-state index contributed by atoms with van der Waals surface area (Å²) in [6, 6.07) is 4.99. The first-order valence-corrected chi connectivity index (χ1v) is 11.6. The maximum atomic E-state index is 13.2. The van der Waals surface area contributed by atoms with Gasteiger partial charge in [-0.25, -0.2) is 0 Å². The molecule has 1 aromatic rings. The van der Waals surface area contributed by atoms with Gasteiger partial charge in [0.25, 0.3) is 5.91 Å². The molecular weight excluding hydrogens is 378 g/mol. The molecule has 0 saturated carbocycles. The number of carbonyl (C=O) groups is 1. The van der Waals surface area contributed by atoms with E-state index >= 15 is 0 Å². The zero-order valence-electron chi connectivity index (χ0n) is 19.7. The van der Waals surface area contributed by atoms with Crippen LogP contribution in [0.4, 0.5) is 0 Å². The number of quaternary nitrogens is 2. The van der Waals surface area contributed by atoms with Gasteiger partial charge in [0.05, 0.1) is 14.2 Å². The second kappa shape index (κ2) is 10.0. The number of carbonyl (C=O) groups excluding carboxylic acids is 1. The van der Waals surface area contributed by atoms with E-state index in [-0.39, 0.29) is 6.04 Å². The van der Waals surface area contributed by atoms with Gasteiger partial charge in [0.1, 0.15) is 32.7 Å². The van der Waals surface area contributed by atoms with Crippen molar-refractivity contribution in [2.24, 2.45) is 0 Å². The minimum Gasteiger partial charge on any atom is -0.493 e. The Morgan fingerprint density at radius 2 is 1.63 bits per heavy atom. The normalized spacial score (nSPS) is 28.1. The van der Waals surface area contributed by atoms with E-state index in [9.17, 15) is 4.79 Å². The van der Waals surface area contributed by atoms with Crippen LogP contribution in [0.3, 0.4) is 0 Å². The molecule has 0 unspecified atom stereocenters. The number of ether oxygens (including phenoxy) is 2. The van der Waals surface area contributed by atoms with Gasteiger partial charge in [-0.15, -0.1) is 0 Å². The van der Waals surface area contributed by atoms with Crippen LogP contribution < -0.4 is 19.3 Å². The lowest BCUT2D eigenvalue weighted by atomic mass is 9.96. The van der Waals surface area contributed by atoms with Crippen molar-refractivity contribution in [1.29, 1.82) is 0 Å². The summed E-state index contributed by atoms with van der Waals surface area (Å²) in [6.07, 6.45) is 3.52. The van der Waals surface area contributed by atoms with E-state index < -0.39 is 0 Å². The van der Waals surface area contributed by atoms with Gasteiger partial charge < -0.3 is 24.2 Å². The Hall–Kier alpha value is -1.79. The van der Waals surface area contributed by atoms with Gasteiger partial charge >= 0.3 is 0 Å². The lowest BCUT2D eigenvalue weighted by Crippen LogP contribution is -3.29. The molecule has 2 saturated heterocycles. The number of aryl methyl sites for hydroxylation is 1. The van der Waals surface area contributed by atoms with Crippen molar-refractivity contribution in [3.8, 4) is 11.5 Å². The lowest BCUT2D eigenvalue weighted by molar-refractivity contribution is -1.02. The number of hydrogen-bond acceptors (Lipinski definition) is 3. The van der Waals surface area contributed by atoms with Crippen LogP contribution in [0.15, 0.2) is 12.1 Å². The van der Waals surface area contributed by atoms with Crippen LogP contribution in [0.1, 0.15) is 51.2 Å². The van der Waals surface area contributed by atoms with Crippen molar-refractivity contribution in [3.05, 3.63) is 23.3 Å². The third kappa shape index (κ3) is 4.92. The lowest BCUT2D eigenvalue weighted by Gasteiger charge is -2.42. The molecule has 168 valence electrons. The number of piperidine rings is 1. The van der Waals surface area contributed by atoms with E-state index in [2.05, 4.69) is 44.7 Å². The van der Waals surface area contributed by atoms with Crippen LogP contribution in [-0.2, 0) is 11.3 Å². The second-order valence-electron chi connectivity index (χ2n) is 9.31. The summed E-state index contributed by atoms with van der Waals surface area (Å²) in [4.78, 5) is 18.4. The molecule has 1 aromatic carbocycles. The maximum absolute atomic E-state index is 13.2. The van der Waals surface area contributed by atoms with Gasteiger partial charge in [0.15, 0.2) is 17.5 Å². The summed E-state index contributed by atoms with van der Waals surface area (Å²) in [7, 11) is 3.37. The predicted molar refractivity (Wildman–Crippen MR) is 118 cm³/mol. The second-order valence-corrected chi connectivity index (χ2v) is 9.31. The molecule has 2 heterocycles. The molecule has 2 aliphatic rings.